The van der Waals surface area contributed by atoms with Crippen molar-refractivity contribution in [2.24, 2.45) is 0 Å². The Morgan fingerprint density at radius 3 is 2.24 bits per heavy atom. The number of amides is 1. The van der Waals surface area contributed by atoms with E-state index in [1.165, 1.54) is 13.0 Å². The second kappa shape index (κ2) is 12.1. The molecule has 21 heavy (non-hydrogen) atoms. The summed E-state index contributed by atoms with van der Waals surface area (Å²) in [6.45, 7) is 9.93. The molecule has 0 heterocycles. The molecule has 0 saturated heterocycles. The zero-order valence-corrected chi connectivity index (χ0v) is 13.6. The first-order chi connectivity index (χ1) is 9.62. The number of nitrogens with one attached hydrogen (secondary N) is 1. The normalized spacial score (nSPS) is 11.5. The lowest BCUT2D eigenvalue weighted by atomic mass is 10.3. The average molecular weight is 301 g/mol. The molecule has 0 aromatic carbocycles. The van der Waals surface area contributed by atoms with E-state index in [0.29, 0.717) is 0 Å². The number of carbonyl (C=O) groups is 2. The Kier molecular flexibility index (Phi) is 12.5. The van der Waals surface area contributed by atoms with Crippen LogP contribution in [-0.2, 0) is 14.3 Å². The van der Waals surface area contributed by atoms with E-state index in [2.05, 4.69) is 44.4 Å². The first-order valence-corrected chi connectivity index (χ1v) is 6.80. The van der Waals surface area contributed by atoms with Crippen LogP contribution >= 0.6 is 0 Å². The fourth-order valence-corrected chi connectivity index (χ4v) is 1.10. The molecule has 6 nitrogen and oxygen atoms in total. The number of quaternary nitrogens is 1. The molecule has 0 fully saturated rings. The molecule has 0 aromatic rings. The van der Waals surface area contributed by atoms with Crippen molar-refractivity contribution in [2.45, 2.75) is 19.4 Å². The number of ether oxygens (including phenoxy) is 1. The summed E-state index contributed by atoms with van der Waals surface area (Å²) in [7, 11) is 6.40. The van der Waals surface area contributed by atoms with Gasteiger partial charge in [0.1, 0.15) is 6.61 Å². The summed E-state index contributed by atoms with van der Waals surface area (Å²) in [4.78, 5) is 21.0. The lowest BCUT2D eigenvalue weighted by Gasteiger charge is -2.23. The fourth-order valence-electron chi connectivity index (χ4n) is 1.10. The fraction of sp³-hybridized carbons (Fsp3) is 0.600. The van der Waals surface area contributed by atoms with Crippen LogP contribution in [0.2, 0.25) is 0 Å². The maximum Gasteiger partial charge on any atom is 0.330 e. The minimum Gasteiger partial charge on any atom is -0.460 e. The van der Waals surface area contributed by atoms with E-state index < -0.39 is 12.1 Å². The quantitative estimate of drug-likeness (QED) is 0.296. The van der Waals surface area contributed by atoms with Crippen LogP contribution in [-0.4, -0.2) is 68.4 Å². The van der Waals surface area contributed by atoms with E-state index in [-0.39, 0.29) is 12.5 Å². The third-order valence-corrected chi connectivity index (χ3v) is 2.12. The maximum absolute atomic E-state index is 10.7. The van der Waals surface area contributed by atoms with Gasteiger partial charge in [-0.3, -0.25) is 4.79 Å². The highest BCUT2D eigenvalue weighted by Gasteiger charge is 2.05. The van der Waals surface area contributed by atoms with Crippen molar-refractivity contribution in [1.82, 2.24) is 5.32 Å². The topological polar surface area (TPSA) is 75.6 Å². The molecule has 0 aliphatic rings. The molecule has 0 rings (SSSR count). The monoisotopic (exact) mass is 301 g/mol. The van der Waals surface area contributed by atoms with Gasteiger partial charge in [-0.2, -0.15) is 0 Å². The number of aliphatic hydroxyl groups excluding tert-OH is 1. The summed E-state index contributed by atoms with van der Waals surface area (Å²) >= 11 is 0. The number of esters is 1. The van der Waals surface area contributed by atoms with Crippen LogP contribution < -0.4 is 5.32 Å². The van der Waals surface area contributed by atoms with Gasteiger partial charge in [0.15, 0.2) is 0 Å². The van der Waals surface area contributed by atoms with E-state index in [1.807, 2.05) is 0 Å². The number of hydrogen-bond donors (Lipinski definition) is 2. The number of hydrogen-bond acceptors (Lipinski definition) is 4. The Balaban J connectivity index is 0. The van der Waals surface area contributed by atoms with Gasteiger partial charge in [-0.15, -0.1) is 0 Å². The Morgan fingerprint density at radius 1 is 1.29 bits per heavy atom. The molecule has 0 radical (unpaired) electrons. The smallest absolute Gasteiger partial charge is 0.330 e. The largest absolute Gasteiger partial charge is 0.460 e. The third kappa shape index (κ3) is 20.8. The number of nitrogens with zero attached hydrogens (tertiary/aromatic N) is 1. The lowest BCUT2D eigenvalue weighted by Crippen LogP contribution is -2.37. The van der Waals surface area contributed by atoms with Gasteiger partial charge < -0.3 is 19.6 Å². The van der Waals surface area contributed by atoms with Gasteiger partial charge >= 0.3 is 5.97 Å². The molecule has 1 amide bonds. The summed E-state index contributed by atoms with van der Waals surface area (Å²) in [5.41, 5.74) is 0. The predicted molar refractivity (Wildman–Crippen MR) is 83.6 cm³/mol. The second-order valence-corrected chi connectivity index (χ2v) is 5.55. The van der Waals surface area contributed by atoms with Crippen molar-refractivity contribution >= 4 is 11.9 Å². The molecule has 0 bridgehead atoms. The molecule has 0 aliphatic carbocycles. The molecular weight excluding hydrogens is 272 g/mol. The van der Waals surface area contributed by atoms with Crippen molar-refractivity contribution in [3.63, 3.8) is 0 Å². The molecule has 1 atom stereocenters. The molecule has 0 spiro atoms. The zero-order chi connectivity index (χ0) is 16.9. The van der Waals surface area contributed by atoms with Gasteiger partial charge in [0.25, 0.3) is 0 Å². The standard InChI is InChI=1S/C9H18N2O.C6H10O3/c1-5-9(12)10-7-6-8-11(2,3)4;1-3-6(8)9-4-5(2)7/h5H,1,6-8H2,2-4H3;3,5,7H,1,4H2,2H3/p+1. The summed E-state index contributed by atoms with van der Waals surface area (Å²) in [5.74, 6) is -0.590. The third-order valence-electron chi connectivity index (χ3n) is 2.12. The predicted octanol–water partition coefficient (Wildman–Crippen LogP) is 0.481. The molecule has 0 aromatic heterocycles. The molecule has 1 unspecified atom stereocenters. The Hall–Kier alpha value is -1.66. The highest BCUT2D eigenvalue weighted by Crippen LogP contribution is 1.91. The molecule has 2 N–H and O–H groups in total. The molecule has 0 saturated carbocycles. The second-order valence-electron chi connectivity index (χ2n) is 5.55. The van der Waals surface area contributed by atoms with Crippen LogP contribution in [0.4, 0.5) is 0 Å². The summed E-state index contributed by atoms with van der Waals surface area (Å²) in [6.07, 6.45) is 2.76. The minimum absolute atomic E-state index is 0.0326. The number of carbonyl (C=O) groups excluding carboxylic acids is 2. The zero-order valence-electron chi connectivity index (χ0n) is 13.6. The van der Waals surface area contributed by atoms with Crippen LogP contribution in [0.15, 0.2) is 25.3 Å². The maximum atomic E-state index is 10.7. The van der Waals surface area contributed by atoms with Crippen molar-refractivity contribution in [2.75, 3.05) is 40.8 Å². The Bertz CT molecular complexity index is 333. The molecular formula is C15H29N2O4+. The van der Waals surface area contributed by atoms with Gasteiger partial charge in [-0.25, -0.2) is 4.79 Å². The van der Waals surface area contributed by atoms with Crippen molar-refractivity contribution in [3.05, 3.63) is 25.3 Å². The molecule has 122 valence electrons. The van der Waals surface area contributed by atoms with Gasteiger partial charge in [0.05, 0.1) is 33.8 Å². The van der Waals surface area contributed by atoms with E-state index in [0.717, 1.165) is 30.1 Å². The lowest BCUT2D eigenvalue weighted by molar-refractivity contribution is -0.870. The van der Waals surface area contributed by atoms with Crippen LogP contribution in [0.1, 0.15) is 13.3 Å². The van der Waals surface area contributed by atoms with Crippen molar-refractivity contribution in [1.29, 1.82) is 0 Å². The SMILES string of the molecule is C=CC(=O)NCCC[N+](C)(C)C.C=CC(=O)OCC(C)O. The van der Waals surface area contributed by atoms with E-state index in [9.17, 15) is 9.59 Å². The Morgan fingerprint density at radius 2 is 1.86 bits per heavy atom. The molecule has 0 aliphatic heterocycles. The highest BCUT2D eigenvalue weighted by molar-refractivity contribution is 5.86. The summed E-state index contributed by atoms with van der Waals surface area (Å²) in [6, 6.07) is 0. The van der Waals surface area contributed by atoms with Gasteiger partial charge in [0.2, 0.25) is 5.91 Å². The highest BCUT2D eigenvalue weighted by atomic mass is 16.5. The van der Waals surface area contributed by atoms with Crippen molar-refractivity contribution in [3.8, 4) is 0 Å². The summed E-state index contributed by atoms with van der Waals surface area (Å²) < 4.78 is 5.38. The van der Waals surface area contributed by atoms with E-state index in [1.54, 1.807) is 0 Å². The van der Waals surface area contributed by atoms with Crippen molar-refractivity contribution < 1.29 is 23.9 Å². The first-order valence-electron chi connectivity index (χ1n) is 6.80. The number of aliphatic hydroxyl groups is 1. The van der Waals surface area contributed by atoms with E-state index in [4.69, 9.17) is 5.11 Å². The first kappa shape index (κ1) is 21.6. The number of rotatable bonds is 8. The van der Waals surface area contributed by atoms with Crippen LogP contribution in [0, 0.1) is 0 Å². The average Bonchev–Trinajstić information content (AvgIpc) is 2.40. The van der Waals surface area contributed by atoms with Gasteiger partial charge in [-0.05, 0) is 13.0 Å². The summed E-state index contributed by atoms with van der Waals surface area (Å²) in [5, 5.41) is 11.3. The minimum atomic E-state index is -0.603. The van der Waals surface area contributed by atoms with Gasteiger partial charge in [0, 0.05) is 19.0 Å². The van der Waals surface area contributed by atoms with E-state index >= 15 is 0 Å². The van der Waals surface area contributed by atoms with Gasteiger partial charge in [-0.1, -0.05) is 13.2 Å². The van der Waals surface area contributed by atoms with Crippen LogP contribution in [0.25, 0.3) is 0 Å². The van der Waals surface area contributed by atoms with Crippen LogP contribution in [0.5, 0.6) is 0 Å². The molecule has 6 heteroatoms. The van der Waals surface area contributed by atoms with Crippen LogP contribution in [0.3, 0.4) is 0 Å². The Labute approximate surface area is 127 Å².